The Morgan fingerprint density at radius 3 is 2.62 bits per heavy atom. The van der Waals surface area contributed by atoms with Crippen molar-refractivity contribution in [2.75, 3.05) is 19.6 Å². The van der Waals surface area contributed by atoms with Crippen molar-refractivity contribution in [3.8, 4) is 0 Å². The number of carboxylic acid groups (broad SMARTS) is 1. The van der Waals surface area contributed by atoms with E-state index in [9.17, 15) is 5.11 Å². The maximum Gasteiger partial charge on any atom is 0.290 e. The summed E-state index contributed by atoms with van der Waals surface area (Å²) in [6.07, 6.45) is 10.7. The van der Waals surface area contributed by atoms with Gasteiger partial charge < -0.3 is 15.1 Å². The molecule has 1 saturated heterocycles. The van der Waals surface area contributed by atoms with Crippen molar-refractivity contribution < 1.29 is 15.0 Å². The Bertz CT molecular complexity index is 343. The van der Waals surface area contributed by atoms with Gasteiger partial charge in [-0.25, -0.2) is 0 Å². The van der Waals surface area contributed by atoms with Gasteiger partial charge in [0, 0.05) is 18.5 Å². The van der Waals surface area contributed by atoms with Crippen molar-refractivity contribution >= 4 is 6.47 Å². The molecule has 122 valence electrons. The minimum absolute atomic E-state index is 0.0341. The SMILES string of the molecule is CC/C(C)=C/CCN1CCC[C@]2(CCC[C@H]2O)C1.O=CO. The normalized spacial score (nSPS) is 30.0. The lowest BCUT2D eigenvalue weighted by atomic mass is 9.76. The molecular weight excluding hydrogens is 266 g/mol. The Labute approximate surface area is 128 Å². The molecule has 2 fully saturated rings. The average Bonchev–Trinajstić information content (AvgIpc) is 2.80. The molecule has 0 unspecified atom stereocenters. The molecule has 4 nitrogen and oxygen atoms in total. The molecule has 0 radical (unpaired) electrons. The molecule has 21 heavy (non-hydrogen) atoms. The van der Waals surface area contributed by atoms with Crippen LogP contribution in [0.25, 0.3) is 0 Å². The quantitative estimate of drug-likeness (QED) is 0.618. The van der Waals surface area contributed by atoms with Crippen LogP contribution in [0.4, 0.5) is 0 Å². The lowest BCUT2D eigenvalue weighted by molar-refractivity contribution is -0.122. The van der Waals surface area contributed by atoms with E-state index in [1.54, 1.807) is 0 Å². The third kappa shape index (κ3) is 5.44. The number of piperidine rings is 1. The number of rotatable bonds is 4. The maximum absolute atomic E-state index is 10.2. The van der Waals surface area contributed by atoms with Gasteiger partial charge in [0.1, 0.15) is 0 Å². The van der Waals surface area contributed by atoms with Gasteiger partial charge in [-0.05, 0) is 52.0 Å². The van der Waals surface area contributed by atoms with Crippen LogP contribution in [0.5, 0.6) is 0 Å². The van der Waals surface area contributed by atoms with Crippen molar-refractivity contribution in [2.24, 2.45) is 5.41 Å². The van der Waals surface area contributed by atoms with E-state index in [0.29, 0.717) is 0 Å². The van der Waals surface area contributed by atoms with Crippen molar-refractivity contribution in [1.29, 1.82) is 0 Å². The smallest absolute Gasteiger partial charge is 0.290 e. The molecule has 1 aliphatic heterocycles. The minimum Gasteiger partial charge on any atom is -0.483 e. The zero-order valence-corrected chi connectivity index (χ0v) is 13.6. The Balaban J connectivity index is 0.000000677. The molecule has 0 amide bonds. The first kappa shape index (κ1) is 18.2. The lowest BCUT2D eigenvalue weighted by Crippen LogP contribution is -2.47. The van der Waals surface area contributed by atoms with Crippen molar-refractivity contribution in [3.63, 3.8) is 0 Å². The maximum atomic E-state index is 10.2. The summed E-state index contributed by atoms with van der Waals surface area (Å²) in [7, 11) is 0. The first-order valence-electron chi connectivity index (χ1n) is 8.22. The highest BCUT2D eigenvalue weighted by atomic mass is 16.3. The predicted octanol–water partition coefficient (Wildman–Crippen LogP) is 3.06. The number of likely N-dealkylation sites (tertiary alicyclic amines) is 1. The fraction of sp³-hybridized carbons (Fsp3) is 0.824. The largest absolute Gasteiger partial charge is 0.483 e. The van der Waals surface area contributed by atoms with Crippen LogP contribution >= 0.6 is 0 Å². The Hall–Kier alpha value is -0.870. The molecule has 1 aliphatic carbocycles. The Kier molecular flexibility index (Phi) is 7.97. The number of allylic oxidation sites excluding steroid dienone is 1. The minimum atomic E-state index is -0.250. The van der Waals surface area contributed by atoms with Crippen LogP contribution in [0.2, 0.25) is 0 Å². The number of nitrogens with zero attached hydrogens (tertiary/aromatic N) is 1. The highest BCUT2D eigenvalue weighted by Crippen LogP contribution is 2.44. The molecule has 2 atom stereocenters. The molecule has 1 spiro atoms. The van der Waals surface area contributed by atoms with E-state index in [1.807, 2.05) is 0 Å². The first-order chi connectivity index (χ1) is 10.1. The van der Waals surface area contributed by atoms with Gasteiger partial charge in [0.2, 0.25) is 0 Å². The summed E-state index contributed by atoms with van der Waals surface area (Å²) < 4.78 is 0. The first-order valence-corrected chi connectivity index (χ1v) is 8.22. The van der Waals surface area contributed by atoms with Crippen LogP contribution in [-0.2, 0) is 4.79 Å². The van der Waals surface area contributed by atoms with Gasteiger partial charge in [-0.1, -0.05) is 25.0 Å². The van der Waals surface area contributed by atoms with Crippen LogP contribution in [-0.4, -0.2) is 47.3 Å². The molecule has 1 heterocycles. The average molecular weight is 297 g/mol. The number of aliphatic hydroxyl groups excluding tert-OH is 1. The molecule has 1 saturated carbocycles. The molecule has 0 aromatic rings. The van der Waals surface area contributed by atoms with E-state index in [0.717, 1.165) is 13.0 Å². The van der Waals surface area contributed by atoms with Gasteiger partial charge in [0.15, 0.2) is 0 Å². The Morgan fingerprint density at radius 2 is 2.05 bits per heavy atom. The second-order valence-electron chi connectivity index (χ2n) is 6.45. The molecule has 2 rings (SSSR count). The van der Waals surface area contributed by atoms with Crippen LogP contribution in [0.3, 0.4) is 0 Å². The lowest BCUT2D eigenvalue weighted by Gasteiger charge is -2.42. The van der Waals surface area contributed by atoms with Crippen LogP contribution in [0.1, 0.15) is 58.8 Å². The predicted molar refractivity (Wildman–Crippen MR) is 85.3 cm³/mol. The van der Waals surface area contributed by atoms with E-state index in [2.05, 4.69) is 24.8 Å². The molecule has 4 heteroatoms. The van der Waals surface area contributed by atoms with Gasteiger partial charge in [-0.2, -0.15) is 0 Å². The van der Waals surface area contributed by atoms with Gasteiger partial charge in [0.05, 0.1) is 6.10 Å². The van der Waals surface area contributed by atoms with Crippen LogP contribution in [0.15, 0.2) is 11.6 Å². The molecule has 0 bridgehead atoms. The summed E-state index contributed by atoms with van der Waals surface area (Å²) in [6, 6.07) is 0. The van der Waals surface area contributed by atoms with E-state index < -0.39 is 0 Å². The number of hydrogen-bond acceptors (Lipinski definition) is 3. The second kappa shape index (κ2) is 9.21. The van der Waals surface area contributed by atoms with Gasteiger partial charge in [0.25, 0.3) is 6.47 Å². The molecule has 2 N–H and O–H groups in total. The zero-order valence-electron chi connectivity index (χ0n) is 13.6. The number of aliphatic hydroxyl groups is 1. The Morgan fingerprint density at radius 1 is 1.38 bits per heavy atom. The second-order valence-corrected chi connectivity index (χ2v) is 6.45. The van der Waals surface area contributed by atoms with Gasteiger partial charge >= 0.3 is 0 Å². The van der Waals surface area contributed by atoms with Crippen LogP contribution < -0.4 is 0 Å². The van der Waals surface area contributed by atoms with Gasteiger partial charge in [-0.3, -0.25) is 4.79 Å². The van der Waals surface area contributed by atoms with Crippen molar-refractivity contribution in [2.45, 2.75) is 64.9 Å². The van der Waals surface area contributed by atoms with E-state index in [-0.39, 0.29) is 18.0 Å². The molecular formula is C17H31NO3. The third-order valence-corrected chi connectivity index (χ3v) is 5.04. The highest BCUT2D eigenvalue weighted by Gasteiger charge is 2.44. The summed E-state index contributed by atoms with van der Waals surface area (Å²) in [5.41, 5.74) is 1.75. The summed E-state index contributed by atoms with van der Waals surface area (Å²) >= 11 is 0. The topological polar surface area (TPSA) is 60.8 Å². The van der Waals surface area contributed by atoms with E-state index >= 15 is 0 Å². The van der Waals surface area contributed by atoms with E-state index in [4.69, 9.17) is 9.90 Å². The number of carbonyl (C=O) groups is 1. The van der Waals surface area contributed by atoms with Crippen molar-refractivity contribution in [3.05, 3.63) is 11.6 Å². The molecule has 0 aromatic heterocycles. The summed E-state index contributed by atoms with van der Waals surface area (Å²) in [6.45, 7) is 7.72. The molecule has 2 aliphatic rings. The van der Waals surface area contributed by atoms with Gasteiger partial charge in [-0.15, -0.1) is 0 Å². The monoisotopic (exact) mass is 297 g/mol. The van der Waals surface area contributed by atoms with Crippen LogP contribution in [0, 0.1) is 5.41 Å². The fourth-order valence-corrected chi connectivity index (χ4v) is 3.68. The highest BCUT2D eigenvalue weighted by molar-refractivity contribution is 5.32. The fourth-order valence-electron chi connectivity index (χ4n) is 3.68. The third-order valence-electron chi connectivity index (χ3n) is 5.04. The van der Waals surface area contributed by atoms with Crippen molar-refractivity contribution in [1.82, 2.24) is 4.90 Å². The number of hydrogen-bond donors (Lipinski definition) is 2. The summed E-state index contributed by atoms with van der Waals surface area (Å²) in [5.74, 6) is 0. The van der Waals surface area contributed by atoms with E-state index in [1.165, 1.54) is 57.2 Å². The zero-order chi connectivity index (χ0) is 15.7. The summed E-state index contributed by atoms with van der Waals surface area (Å²) in [5, 5.41) is 17.1. The molecule has 0 aromatic carbocycles. The standard InChI is InChI=1S/C16H29NO.CH2O2/c1-3-14(2)7-5-11-17-12-6-10-16(13-17)9-4-8-15(16)18;2-1-3/h7,15,18H,3-6,8-13H2,1-2H3;1H,(H,2,3)/b14-7+;/t15-,16-;/m1./s1. The summed E-state index contributed by atoms with van der Waals surface area (Å²) in [4.78, 5) is 10.9.